The molecule has 0 N–H and O–H groups in total. The summed E-state index contributed by atoms with van der Waals surface area (Å²) in [5.41, 5.74) is 2.46. The first-order chi connectivity index (χ1) is 12.8. The van der Waals surface area contributed by atoms with Crippen molar-refractivity contribution in [1.29, 1.82) is 5.26 Å². The first-order valence-corrected chi connectivity index (χ1v) is 8.29. The third kappa shape index (κ3) is 2.91. The standard InChI is InChI=1S/C22H15NO3/c23-14-13-15-9-11-16(12-10-15)25-22(24)21-17-5-1-3-7-19(17)26-20-8-4-2-6-18(20)21/h1-12,21H,13H2. The number of nitrogens with zero attached hydrogens (tertiary/aromatic N) is 1. The predicted molar refractivity (Wildman–Crippen MR) is 96.2 cm³/mol. The minimum Gasteiger partial charge on any atom is -0.457 e. The molecule has 0 aromatic heterocycles. The quantitative estimate of drug-likeness (QED) is 0.516. The van der Waals surface area contributed by atoms with E-state index in [1.165, 1.54) is 0 Å². The molecule has 1 aliphatic rings. The lowest BCUT2D eigenvalue weighted by molar-refractivity contribution is -0.135. The van der Waals surface area contributed by atoms with Crippen molar-refractivity contribution in [2.45, 2.75) is 12.3 Å². The summed E-state index contributed by atoms with van der Waals surface area (Å²) in [6.45, 7) is 0. The largest absolute Gasteiger partial charge is 0.457 e. The van der Waals surface area contributed by atoms with E-state index >= 15 is 0 Å². The van der Waals surface area contributed by atoms with Crippen LogP contribution in [0.2, 0.25) is 0 Å². The maximum atomic E-state index is 13.0. The average molecular weight is 341 g/mol. The average Bonchev–Trinajstić information content (AvgIpc) is 2.67. The number of nitriles is 1. The van der Waals surface area contributed by atoms with Gasteiger partial charge in [-0.25, -0.2) is 0 Å². The van der Waals surface area contributed by atoms with Crippen LogP contribution in [0.25, 0.3) is 0 Å². The second-order valence-corrected chi connectivity index (χ2v) is 6.01. The lowest BCUT2D eigenvalue weighted by Crippen LogP contribution is -2.23. The molecule has 0 aliphatic carbocycles. The van der Waals surface area contributed by atoms with Crippen LogP contribution in [0.3, 0.4) is 0 Å². The summed E-state index contributed by atoms with van der Waals surface area (Å²) >= 11 is 0. The highest BCUT2D eigenvalue weighted by atomic mass is 16.5. The van der Waals surface area contributed by atoms with E-state index in [2.05, 4.69) is 6.07 Å². The molecule has 4 heteroatoms. The highest BCUT2D eigenvalue weighted by Gasteiger charge is 2.33. The summed E-state index contributed by atoms with van der Waals surface area (Å²) in [5.74, 6) is 0.879. The van der Waals surface area contributed by atoms with Gasteiger partial charge in [0.2, 0.25) is 0 Å². The molecular weight excluding hydrogens is 326 g/mol. The molecule has 0 fully saturated rings. The molecule has 0 radical (unpaired) electrons. The van der Waals surface area contributed by atoms with Crippen molar-refractivity contribution in [3.8, 4) is 23.3 Å². The SMILES string of the molecule is N#CCc1ccc(OC(=O)C2c3ccccc3Oc3ccccc32)cc1. The van der Waals surface area contributed by atoms with Gasteiger partial charge in [-0.15, -0.1) is 0 Å². The van der Waals surface area contributed by atoms with Crippen molar-refractivity contribution in [2.75, 3.05) is 0 Å². The number of carbonyl (C=O) groups excluding carboxylic acids is 1. The van der Waals surface area contributed by atoms with E-state index in [9.17, 15) is 4.79 Å². The second-order valence-electron chi connectivity index (χ2n) is 6.01. The third-order valence-corrected chi connectivity index (χ3v) is 4.34. The molecule has 3 aromatic rings. The highest BCUT2D eigenvalue weighted by molar-refractivity contribution is 5.87. The molecular formula is C22H15NO3. The van der Waals surface area contributed by atoms with Crippen LogP contribution in [0.15, 0.2) is 72.8 Å². The molecule has 0 unspecified atom stereocenters. The molecule has 0 spiro atoms. The molecule has 126 valence electrons. The summed E-state index contributed by atoms with van der Waals surface area (Å²) in [6, 6.07) is 24.1. The second kappa shape index (κ2) is 6.73. The number of rotatable bonds is 3. The molecule has 4 nitrogen and oxygen atoms in total. The topological polar surface area (TPSA) is 59.3 Å². The van der Waals surface area contributed by atoms with Crippen molar-refractivity contribution in [2.24, 2.45) is 0 Å². The van der Waals surface area contributed by atoms with E-state index in [0.717, 1.165) is 16.7 Å². The summed E-state index contributed by atoms with van der Waals surface area (Å²) < 4.78 is 11.5. The molecule has 4 rings (SSSR count). The summed E-state index contributed by atoms with van der Waals surface area (Å²) in [5, 5.41) is 8.74. The van der Waals surface area contributed by atoms with Gasteiger partial charge in [0.15, 0.2) is 0 Å². The van der Waals surface area contributed by atoms with Crippen molar-refractivity contribution in [1.82, 2.24) is 0 Å². The Hall–Kier alpha value is -3.58. The van der Waals surface area contributed by atoms with Gasteiger partial charge in [-0.05, 0) is 29.8 Å². The maximum Gasteiger partial charge on any atom is 0.323 e. The van der Waals surface area contributed by atoms with E-state index in [0.29, 0.717) is 23.7 Å². The number of hydrogen-bond donors (Lipinski definition) is 0. The molecule has 26 heavy (non-hydrogen) atoms. The smallest absolute Gasteiger partial charge is 0.323 e. The number of benzene rings is 3. The van der Waals surface area contributed by atoms with Crippen LogP contribution in [0.4, 0.5) is 0 Å². The third-order valence-electron chi connectivity index (χ3n) is 4.34. The Morgan fingerprint density at radius 1 is 0.923 bits per heavy atom. The first-order valence-electron chi connectivity index (χ1n) is 8.29. The minimum atomic E-state index is -0.546. The van der Waals surface area contributed by atoms with Gasteiger partial charge in [-0.2, -0.15) is 5.26 Å². The highest BCUT2D eigenvalue weighted by Crippen LogP contribution is 2.44. The van der Waals surface area contributed by atoms with Crippen molar-refractivity contribution in [3.63, 3.8) is 0 Å². The van der Waals surface area contributed by atoms with Gasteiger partial charge in [0.25, 0.3) is 0 Å². The molecule has 0 amide bonds. The predicted octanol–water partition coefficient (Wildman–Crippen LogP) is 4.60. The lowest BCUT2D eigenvalue weighted by atomic mass is 9.88. The zero-order valence-corrected chi connectivity index (χ0v) is 13.9. The molecule has 0 bridgehead atoms. The van der Waals surface area contributed by atoms with Gasteiger partial charge in [0.1, 0.15) is 23.2 Å². The molecule has 1 aliphatic heterocycles. The van der Waals surface area contributed by atoms with Gasteiger partial charge in [-0.1, -0.05) is 48.5 Å². The van der Waals surface area contributed by atoms with E-state index in [1.54, 1.807) is 24.3 Å². The van der Waals surface area contributed by atoms with E-state index in [-0.39, 0.29) is 5.97 Å². The summed E-state index contributed by atoms with van der Waals surface area (Å²) in [4.78, 5) is 13.0. The Morgan fingerprint density at radius 2 is 1.50 bits per heavy atom. The fraction of sp³-hybridized carbons (Fsp3) is 0.0909. The normalized spacial score (nSPS) is 12.3. The van der Waals surface area contributed by atoms with Gasteiger partial charge in [0.05, 0.1) is 12.5 Å². The number of ether oxygens (including phenoxy) is 2. The number of fused-ring (bicyclic) bond motifs is 2. The van der Waals surface area contributed by atoms with Gasteiger partial charge in [0, 0.05) is 11.1 Å². The zero-order valence-electron chi connectivity index (χ0n) is 13.9. The van der Waals surface area contributed by atoms with E-state index in [4.69, 9.17) is 14.7 Å². The number of para-hydroxylation sites is 2. The molecule has 0 saturated heterocycles. The van der Waals surface area contributed by atoms with Crippen LogP contribution < -0.4 is 9.47 Å². The van der Waals surface area contributed by atoms with Crippen molar-refractivity contribution < 1.29 is 14.3 Å². The molecule has 0 saturated carbocycles. The van der Waals surface area contributed by atoms with Crippen molar-refractivity contribution >= 4 is 5.97 Å². The minimum absolute atomic E-state index is 0.328. The Labute approximate surface area is 151 Å². The van der Waals surface area contributed by atoms with Crippen LogP contribution in [0.5, 0.6) is 17.2 Å². The lowest BCUT2D eigenvalue weighted by Gasteiger charge is -2.26. The fourth-order valence-corrected chi connectivity index (χ4v) is 3.11. The number of esters is 1. The van der Waals surface area contributed by atoms with Crippen LogP contribution in [0, 0.1) is 11.3 Å². The summed E-state index contributed by atoms with van der Waals surface area (Å²) in [6.07, 6.45) is 0.328. The van der Waals surface area contributed by atoms with Gasteiger partial charge >= 0.3 is 5.97 Å². The Balaban J connectivity index is 1.66. The van der Waals surface area contributed by atoms with Crippen LogP contribution in [0.1, 0.15) is 22.6 Å². The number of carbonyl (C=O) groups is 1. The molecule has 0 atom stereocenters. The Morgan fingerprint density at radius 3 is 2.08 bits per heavy atom. The summed E-state index contributed by atoms with van der Waals surface area (Å²) in [7, 11) is 0. The fourth-order valence-electron chi connectivity index (χ4n) is 3.11. The van der Waals surface area contributed by atoms with Crippen LogP contribution in [-0.2, 0) is 11.2 Å². The molecule has 3 aromatic carbocycles. The monoisotopic (exact) mass is 341 g/mol. The van der Waals surface area contributed by atoms with Crippen LogP contribution in [-0.4, -0.2) is 5.97 Å². The van der Waals surface area contributed by atoms with E-state index < -0.39 is 5.92 Å². The number of hydrogen-bond acceptors (Lipinski definition) is 4. The zero-order chi connectivity index (χ0) is 17.9. The van der Waals surface area contributed by atoms with Gasteiger partial charge < -0.3 is 9.47 Å². The molecule has 1 heterocycles. The van der Waals surface area contributed by atoms with Gasteiger partial charge in [-0.3, -0.25) is 4.79 Å². The van der Waals surface area contributed by atoms with E-state index in [1.807, 2.05) is 48.5 Å². The first kappa shape index (κ1) is 15.9. The maximum absolute atomic E-state index is 13.0. The Bertz CT molecular complexity index is 957. The Kier molecular flexibility index (Phi) is 4.12. The van der Waals surface area contributed by atoms with Crippen LogP contribution >= 0.6 is 0 Å². The van der Waals surface area contributed by atoms with Crippen molar-refractivity contribution in [3.05, 3.63) is 89.5 Å².